The number of aliphatic hydroxyl groups excluding tert-OH is 1. The minimum absolute atomic E-state index is 0.000570. The Morgan fingerprint density at radius 2 is 2.27 bits per heavy atom. The van der Waals surface area contributed by atoms with Crippen LogP contribution in [-0.2, 0) is 0 Å². The highest BCUT2D eigenvalue weighted by Gasteiger charge is 2.17. The van der Waals surface area contributed by atoms with Crippen LogP contribution in [0.1, 0.15) is 24.4 Å². The number of hydrogen-bond donors (Lipinski definition) is 2. The number of amides is 1. The van der Waals surface area contributed by atoms with Crippen LogP contribution < -0.4 is 5.32 Å². The average Bonchev–Trinajstić information content (AvgIpc) is 2.63. The lowest BCUT2D eigenvalue weighted by Gasteiger charge is -2.18. The molecule has 1 aromatic heterocycles. The van der Waals surface area contributed by atoms with E-state index in [4.69, 9.17) is 21.1 Å². The first-order valence-electron chi connectivity index (χ1n) is 4.71. The molecular formula is C10H14ClNO3. The third kappa shape index (κ3) is 3.25. The quantitative estimate of drug-likeness (QED) is 0.829. The van der Waals surface area contributed by atoms with Crippen LogP contribution in [0, 0.1) is 5.92 Å². The predicted octanol–water partition coefficient (Wildman–Crippen LogP) is 1.68. The molecule has 0 aliphatic carbocycles. The van der Waals surface area contributed by atoms with Crippen molar-refractivity contribution in [3.63, 3.8) is 0 Å². The molecular weight excluding hydrogens is 218 g/mol. The van der Waals surface area contributed by atoms with Gasteiger partial charge in [-0.25, -0.2) is 0 Å². The van der Waals surface area contributed by atoms with Gasteiger partial charge in [0.15, 0.2) is 11.0 Å². The van der Waals surface area contributed by atoms with Crippen LogP contribution in [0.5, 0.6) is 0 Å². The summed E-state index contributed by atoms with van der Waals surface area (Å²) in [4.78, 5) is 11.5. The Bertz CT molecular complexity index is 337. The minimum Gasteiger partial charge on any atom is -0.440 e. The smallest absolute Gasteiger partial charge is 0.287 e. The zero-order valence-corrected chi connectivity index (χ0v) is 9.41. The summed E-state index contributed by atoms with van der Waals surface area (Å²) >= 11 is 5.54. The molecule has 0 aliphatic rings. The van der Waals surface area contributed by atoms with E-state index in [-0.39, 0.29) is 35.5 Å². The standard InChI is InChI=1S/C10H14ClNO3/c1-6(5-13)7(2)12-10(14)8-3-4-9(11)15-8/h3-4,6-7,13H,5H2,1-2H3,(H,12,14). The third-order valence-electron chi connectivity index (χ3n) is 2.30. The number of rotatable bonds is 4. The van der Waals surface area contributed by atoms with Gasteiger partial charge in [0.05, 0.1) is 0 Å². The monoisotopic (exact) mass is 231 g/mol. The van der Waals surface area contributed by atoms with Gasteiger partial charge in [-0.15, -0.1) is 0 Å². The zero-order chi connectivity index (χ0) is 11.4. The zero-order valence-electron chi connectivity index (χ0n) is 8.66. The van der Waals surface area contributed by atoms with E-state index in [0.29, 0.717) is 0 Å². The minimum atomic E-state index is -0.324. The van der Waals surface area contributed by atoms with Crippen LogP contribution in [0.2, 0.25) is 5.22 Å². The van der Waals surface area contributed by atoms with Crippen LogP contribution in [0.15, 0.2) is 16.5 Å². The highest BCUT2D eigenvalue weighted by atomic mass is 35.5. The van der Waals surface area contributed by atoms with Crippen LogP contribution in [0.25, 0.3) is 0 Å². The Kier molecular flexibility index (Phi) is 4.17. The second kappa shape index (κ2) is 5.19. The van der Waals surface area contributed by atoms with Gasteiger partial charge in [0.1, 0.15) is 0 Å². The van der Waals surface area contributed by atoms with Gasteiger partial charge in [-0.1, -0.05) is 6.92 Å². The van der Waals surface area contributed by atoms with Crippen molar-refractivity contribution >= 4 is 17.5 Å². The molecule has 1 amide bonds. The number of carbonyl (C=O) groups excluding carboxylic acids is 1. The van der Waals surface area contributed by atoms with Gasteiger partial charge in [0.25, 0.3) is 5.91 Å². The summed E-state index contributed by atoms with van der Waals surface area (Å²) in [6, 6.07) is 2.90. The van der Waals surface area contributed by atoms with E-state index >= 15 is 0 Å². The van der Waals surface area contributed by atoms with Crippen LogP contribution >= 0.6 is 11.6 Å². The molecule has 0 saturated carbocycles. The Morgan fingerprint density at radius 1 is 1.60 bits per heavy atom. The second-order valence-electron chi connectivity index (χ2n) is 3.53. The van der Waals surface area contributed by atoms with Gasteiger partial charge in [-0.3, -0.25) is 4.79 Å². The first-order valence-corrected chi connectivity index (χ1v) is 5.09. The van der Waals surface area contributed by atoms with Gasteiger partial charge in [-0.05, 0) is 36.6 Å². The molecule has 0 aliphatic heterocycles. The molecule has 1 rings (SSSR count). The third-order valence-corrected chi connectivity index (χ3v) is 2.50. The lowest BCUT2D eigenvalue weighted by Crippen LogP contribution is -2.38. The summed E-state index contributed by atoms with van der Waals surface area (Å²) in [6.45, 7) is 3.70. The number of halogens is 1. The normalized spacial score (nSPS) is 14.7. The summed E-state index contributed by atoms with van der Waals surface area (Å²) in [5.74, 6) is -0.147. The predicted molar refractivity (Wildman–Crippen MR) is 56.9 cm³/mol. The Hall–Kier alpha value is -1.00. The fraction of sp³-hybridized carbons (Fsp3) is 0.500. The first-order chi connectivity index (χ1) is 7.04. The summed E-state index contributed by atoms with van der Waals surface area (Å²) < 4.78 is 4.95. The Morgan fingerprint density at radius 3 is 2.73 bits per heavy atom. The second-order valence-corrected chi connectivity index (χ2v) is 3.90. The molecule has 2 unspecified atom stereocenters. The largest absolute Gasteiger partial charge is 0.440 e. The van der Waals surface area contributed by atoms with Crippen LogP contribution in [-0.4, -0.2) is 23.7 Å². The lowest BCUT2D eigenvalue weighted by atomic mass is 10.1. The van der Waals surface area contributed by atoms with Crippen LogP contribution in [0.4, 0.5) is 0 Å². The van der Waals surface area contributed by atoms with E-state index < -0.39 is 0 Å². The van der Waals surface area contributed by atoms with Crippen LogP contribution in [0.3, 0.4) is 0 Å². The molecule has 0 spiro atoms. The van der Waals surface area contributed by atoms with E-state index in [1.165, 1.54) is 12.1 Å². The highest BCUT2D eigenvalue weighted by Crippen LogP contribution is 2.13. The average molecular weight is 232 g/mol. The number of furan rings is 1. The van der Waals surface area contributed by atoms with Gasteiger partial charge in [0, 0.05) is 12.6 Å². The fourth-order valence-electron chi connectivity index (χ4n) is 1.01. The van der Waals surface area contributed by atoms with E-state index in [9.17, 15) is 4.79 Å². The molecule has 2 atom stereocenters. The molecule has 1 heterocycles. The first kappa shape index (κ1) is 12.1. The van der Waals surface area contributed by atoms with Crippen molar-refractivity contribution in [3.05, 3.63) is 23.1 Å². The van der Waals surface area contributed by atoms with Crippen molar-refractivity contribution in [3.8, 4) is 0 Å². The fourth-order valence-corrected chi connectivity index (χ4v) is 1.16. The molecule has 84 valence electrons. The van der Waals surface area contributed by atoms with E-state index in [1.807, 2.05) is 13.8 Å². The molecule has 0 radical (unpaired) electrons. The molecule has 0 fully saturated rings. The van der Waals surface area contributed by atoms with Crippen molar-refractivity contribution in [1.29, 1.82) is 0 Å². The summed E-state index contributed by atoms with van der Waals surface area (Å²) in [5.41, 5.74) is 0. The number of hydrogen-bond acceptors (Lipinski definition) is 3. The maximum Gasteiger partial charge on any atom is 0.287 e. The lowest BCUT2D eigenvalue weighted by molar-refractivity contribution is 0.0888. The summed E-state index contributed by atoms with van der Waals surface area (Å²) in [6.07, 6.45) is 0. The molecule has 15 heavy (non-hydrogen) atoms. The maximum absolute atomic E-state index is 11.5. The van der Waals surface area contributed by atoms with Crippen molar-refractivity contribution in [2.75, 3.05) is 6.61 Å². The molecule has 0 aromatic carbocycles. The molecule has 4 nitrogen and oxygen atoms in total. The van der Waals surface area contributed by atoms with Gasteiger partial charge < -0.3 is 14.8 Å². The molecule has 0 saturated heterocycles. The summed E-state index contributed by atoms with van der Waals surface area (Å²) in [7, 11) is 0. The molecule has 5 heteroatoms. The van der Waals surface area contributed by atoms with E-state index in [2.05, 4.69) is 5.32 Å². The Balaban J connectivity index is 2.56. The topological polar surface area (TPSA) is 62.5 Å². The SMILES string of the molecule is CC(CO)C(C)NC(=O)c1ccc(Cl)o1. The molecule has 2 N–H and O–H groups in total. The van der Waals surface area contributed by atoms with Crippen molar-refractivity contribution in [2.45, 2.75) is 19.9 Å². The van der Waals surface area contributed by atoms with E-state index in [1.54, 1.807) is 0 Å². The molecule has 0 bridgehead atoms. The summed E-state index contributed by atoms with van der Waals surface area (Å²) in [5, 5.41) is 11.8. The van der Waals surface area contributed by atoms with Gasteiger partial charge in [-0.2, -0.15) is 0 Å². The number of aliphatic hydroxyl groups is 1. The number of carbonyl (C=O) groups is 1. The van der Waals surface area contributed by atoms with Gasteiger partial charge >= 0.3 is 0 Å². The van der Waals surface area contributed by atoms with Crippen molar-refractivity contribution in [2.24, 2.45) is 5.92 Å². The molecule has 1 aromatic rings. The van der Waals surface area contributed by atoms with Crippen molar-refractivity contribution in [1.82, 2.24) is 5.32 Å². The number of nitrogens with one attached hydrogen (secondary N) is 1. The van der Waals surface area contributed by atoms with Crippen molar-refractivity contribution < 1.29 is 14.3 Å². The maximum atomic E-state index is 11.5. The Labute approximate surface area is 93.2 Å². The van der Waals surface area contributed by atoms with Gasteiger partial charge in [0.2, 0.25) is 0 Å². The highest BCUT2D eigenvalue weighted by molar-refractivity contribution is 6.29. The van der Waals surface area contributed by atoms with E-state index in [0.717, 1.165) is 0 Å².